The molecular formula is C6H4Br2F2N2O2S. The number of primary sulfonamides is 1. The van der Waals surface area contributed by atoms with Crippen molar-refractivity contribution >= 4 is 41.9 Å². The van der Waals surface area contributed by atoms with Gasteiger partial charge in [0.1, 0.15) is 9.50 Å². The highest BCUT2D eigenvalue weighted by atomic mass is 79.9. The Morgan fingerprint density at radius 2 is 1.93 bits per heavy atom. The van der Waals surface area contributed by atoms with E-state index in [-0.39, 0.29) is 9.08 Å². The number of sulfonamides is 1. The van der Waals surface area contributed by atoms with Gasteiger partial charge < -0.3 is 0 Å². The van der Waals surface area contributed by atoms with Crippen molar-refractivity contribution < 1.29 is 17.2 Å². The number of hydrogen-bond donors (Lipinski definition) is 1. The third-order valence-electron chi connectivity index (χ3n) is 1.48. The second kappa shape index (κ2) is 4.40. The van der Waals surface area contributed by atoms with Crippen molar-refractivity contribution in [1.29, 1.82) is 0 Å². The highest BCUT2D eigenvalue weighted by Crippen LogP contribution is 2.35. The standard InChI is InChI=1S/C6H4Br2F2N2O2S/c7-2-1-12-5(8)4(15(11,13)14)3(2)6(9)10/h1,6H,(H2,11,13,14). The monoisotopic (exact) mass is 364 g/mol. The summed E-state index contributed by atoms with van der Waals surface area (Å²) in [7, 11) is -4.25. The summed E-state index contributed by atoms with van der Waals surface area (Å²) >= 11 is 5.55. The zero-order valence-electron chi connectivity index (χ0n) is 6.92. The van der Waals surface area contributed by atoms with Crippen molar-refractivity contribution in [2.75, 3.05) is 0 Å². The Hall–Kier alpha value is -0.120. The van der Waals surface area contributed by atoms with Crippen molar-refractivity contribution in [1.82, 2.24) is 4.98 Å². The fourth-order valence-electron chi connectivity index (χ4n) is 0.935. The molecule has 1 aromatic rings. The third kappa shape index (κ3) is 2.71. The molecule has 0 fully saturated rings. The van der Waals surface area contributed by atoms with Crippen molar-refractivity contribution in [3.8, 4) is 0 Å². The van der Waals surface area contributed by atoms with Gasteiger partial charge in [-0.05, 0) is 31.9 Å². The highest BCUT2D eigenvalue weighted by molar-refractivity contribution is 9.11. The minimum atomic E-state index is -4.25. The van der Waals surface area contributed by atoms with E-state index in [1.54, 1.807) is 0 Å². The van der Waals surface area contributed by atoms with Gasteiger partial charge in [0, 0.05) is 10.7 Å². The Labute approximate surface area is 101 Å². The maximum Gasteiger partial charge on any atom is 0.266 e. The van der Waals surface area contributed by atoms with Crippen molar-refractivity contribution in [3.05, 3.63) is 20.8 Å². The van der Waals surface area contributed by atoms with E-state index in [0.29, 0.717) is 0 Å². The maximum atomic E-state index is 12.6. The lowest BCUT2D eigenvalue weighted by Gasteiger charge is -2.09. The first-order valence-electron chi connectivity index (χ1n) is 3.40. The Kier molecular flexibility index (Phi) is 3.80. The Bertz CT molecular complexity index is 492. The van der Waals surface area contributed by atoms with Gasteiger partial charge in [0.15, 0.2) is 0 Å². The largest absolute Gasteiger partial charge is 0.266 e. The van der Waals surface area contributed by atoms with Crippen molar-refractivity contribution in [3.63, 3.8) is 0 Å². The molecule has 0 saturated heterocycles. The second-order valence-electron chi connectivity index (χ2n) is 2.49. The van der Waals surface area contributed by atoms with E-state index in [1.165, 1.54) is 0 Å². The molecule has 0 aliphatic heterocycles. The van der Waals surface area contributed by atoms with E-state index in [1.807, 2.05) is 0 Å². The first-order valence-corrected chi connectivity index (χ1v) is 6.53. The fraction of sp³-hybridized carbons (Fsp3) is 0.167. The molecular weight excluding hydrogens is 362 g/mol. The Morgan fingerprint density at radius 3 is 2.27 bits per heavy atom. The SMILES string of the molecule is NS(=O)(=O)c1c(Br)ncc(Br)c1C(F)F. The zero-order chi connectivity index (χ0) is 11.8. The number of alkyl halides is 2. The molecule has 1 rings (SSSR count). The molecule has 1 aromatic heterocycles. The van der Waals surface area contributed by atoms with Crippen LogP contribution in [0.25, 0.3) is 0 Å². The molecule has 0 aliphatic rings. The normalized spacial score (nSPS) is 12.1. The molecule has 9 heteroatoms. The predicted octanol–water partition coefficient (Wildman–Crippen LogP) is 2.19. The summed E-state index contributed by atoms with van der Waals surface area (Å²) in [5.41, 5.74) is -0.695. The van der Waals surface area contributed by atoms with E-state index in [9.17, 15) is 17.2 Å². The number of aromatic nitrogens is 1. The van der Waals surface area contributed by atoms with E-state index < -0.39 is 26.9 Å². The lowest BCUT2D eigenvalue weighted by Crippen LogP contribution is -2.16. The van der Waals surface area contributed by atoms with Crippen molar-refractivity contribution in [2.45, 2.75) is 11.3 Å². The number of halogens is 4. The van der Waals surface area contributed by atoms with E-state index in [4.69, 9.17) is 5.14 Å². The smallest absolute Gasteiger partial charge is 0.247 e. The summed E-state index contributed by atoms with van der Waals surface area (Å²) in [6.07, 6.45) is -1.90. The van der Waals surface area contributed by atoms with Gasteiger partial charge in [-0.3, -0.25) is 0 Å². The van der Waals surface area contributed by atoms with Crippen LogP contribution >= 0.6 is 31.9 Å². The molecule has 84 valence electrons. The van der Waals surface area contributed by atoms with Crippen LogP contribution in [0.2, 0.25) is 0 Å². The first-order chi connectivity index (χ1) is 6.75. The fourth-order valence-corrected chi connectivity index (χ4v) is 3.33. The molecule has 15 heavy (non-hydrogen) atoms. The van der Waals surface area contributed by atoms with Crippen LogP contribution in [0.4, 0.5) is 8.78 Å². The van der Waals surface area contributed by atoms with Crippen LogP contribution in [0.1, 0.15) is 12.0 Å². The van der Waals surface area contributed by atoms with E-state index in [2.05, 4.69) is 36.8 Å². The molecule has 0 atom stereocenters. The number of nitrogens with zero attached hydrogens (tertiary/aromatic N) is 1. The van der Waals surface area contributed by atoms with Gasteiger partial charge in [0.2, 0.25) is 10.0 Å². The van der Waals surface area contributed by atoms with Crippen molar-refractivity contribution in [2.24, 2.45) is 5.14 Å². The Balaban J connectivity index is 3.68. The van der Waals surface area contributed by atoms with Crippen LogP contribution in [0.3, 0.4) is 0 Å². The molecule has 0 bridgehead atoms. The number of hydrogen-bond acceptors (Lipinski definition) is 3. The van der Waals surface area contributed by atoms with E-state index >= 15 is 0 Å². The number of rotatable bonds is 2. The quantitative estimate of drug-likeness (QED) is 0.816. The van der Waals surface area contributed by atoms with Crippen LogP contribution in [-0.4, -0.2) is 13.4 Å². The molecule has 4 nitrogen and oxygen atoms in total. The van der Waals surface area contributed by atoms with Gasteiger partial charge in [-0.25, -0.2) is 27.3 Å². The highest BCUT2D eigenvalue weighted by Gasteiger charge is 2.27. The van der Waals surface area contributed by atoms with Gasteiger partial charge in [0.05, 0.1) is 5.56 Å². The summed E-state index contributed by atoms with van der Waals surface area (Å²) in [6, 6.07) is 0. The van der Waals surface area contributed by atoms with Crippen LogP contribution in [0.5, 0.6) is 0 Å². The molecule has 0 spiro atoms. The summed E-state index contributed by atoms with van der Waals surface area (Å²) < 4.78 is 47.0. The molecule has 0 aromatic carbocycles. The topological polar surface area (TPSA) is 73.1 Å². The number of pyridine rings is 1. The van der Waals surface area contributed by atoms with Crippen LogP contribution in [0, 0.1) is 0 Å². The van der Waals surface area contributed by atoms with Gasteiger partial charge in [-0.1, -0.05) is 0 Å². The summed E-state index contributed by atoms with van der Waals surface area (Å²) in [5, 5.41) is 4.81. The summed E-state index contributed by atoms with van der Waals surface area (Å²) in [6.45, 7) is 0. The lowest BCUT2D eigenvalue weighted by atomic mass is 10.3. The lowest BCUT2D eigenvalue weighted by molar-refractivity contribution is 0.146. The maximum absolute atomic E-state index is 12.6. The van der Waals surface area contributed by atoms with Gasteiger partial charge in [0.25, 0.3) is 6.43 Å². The van der Waals surface area contributed by atoms with Crippen LogP contribution in [-0.2, 0) is 10.0 Å². The first kappa shape index (κ1) is 12.9. The molecule has 0 radical (unpaired) electrons. The van der Waals surface area contributed by atoms with Crippen LogP contribution in [0.15, 0.2) is 20.2 Å². The Morgan fingerprint density at radius 1 is 1.40 bits per heavy atom. The predicted molar refractivity (Wildman–Crippen MR) is 56.0 cm³/mol. The summed E-state index contributed by atoms with van der Waals surface area (Å²) in [5.74, 6) is 0. The summed E-state index contributed by atoms with van der Waals surface area (Å²) in [4.78, 5) is 2.86. The molecule has 1 heterocycles. The van der Waals surface area contributed by atoms with Crippen LogP contribution < -0.4 is 5.14 Å². The minimum absolute atomic E-state index is 0.107. The van der Waals surface area contributed by atoms with Gasteiger partial charge in [-0.2, -0.15) is 0 Å². The molecule has 2 N–H and O–H groups in total. The van der Waals surface area contributed by atoms with E-state index in [0.717, 1.165) is 6.20 Å². The van der Waals surface area contributed by atoms with Gasteiger partial charge in [-0.15, -0.1) is 0 Å². The number of nitrogens with two attached hydrogens (primary N) is 1. The zero-order valence-corrected chi connectivity index (χ0v) is 10.9. The molecule has 0 saturated carbocycles. The second-order valence-corrected chi connectivity index (χ2v) is 5.59. The molecule has 0 unspecified atom stereocenters. The minimum Gasteiger partial charge on any atom is -0.247 e. The average Bonchev–Trinajstić information content (AvgIpc) is 2.05. The molecule has 0 amide bonds. The average molecular weight is 366 g/mol. The third-order valence-corrected chi connectivity index (χ3v) is 3.96. The van der Waals surface area contributed by atoms with Gasteiger partial charge >= 0.3 is 0 Å². The molecule has 0 aliphatic carbocycles.